The summed E-state index contributed by atoms with van der Waals surface area (Å²) in [5.41, 5.74) is 36.2. The van der Waals surface area contributed by atoms with Crippen molar-refractivity contribution in [3.8, 4) is 33.8 Å². The summed E-state index contributed by atoms with van der Waals surface area (Å²) in [7, 11) is 0. The lowest BCUT2D eigenvalue weighted by atomic mass is 9.30. The first-order valence-electron chi connectivity index (χ1n) is 40.9. The minimum absolute atomic E-state index is 0.273. The summed E-state index contributed by atoms with van der Waals surface area (Å²) in [5, 5.41) is 0. The van der Waals surface area contributed by atoms with Crippen molar-refractivity contribution in [2.45, 2.75) is 10.8 Å². The van der Waals surface area contributed by atoms with E-state index in [0.29, 0.717) is 0 Å². The van der Waals surface area contributed by atoms with Gasteiger partial charge in [-0.1, -0.05) is 315 Å². The number of rotatable bonds is 13. The fourth-order valence-electron chi connectivity index (χ4n) is 21.1. The molecule has 0 saturated carbocycles. The van der Waals surface area contributed by atoms with Gasteiger partial charge in [-0.15, -0.1) is 0 Å². The molecule has 0 unspecified atom stereocenters. The van der Waals surface area contributed by atoms with Crippen molar-refractivity contribution < 1.29 is 4.74 Å². The normalized spacial score (nSPS) is 13.9. The maximum absolute atomic E-state index is 7.59. The highest BCUT2D eigenvalue weighted by molar-refractivity contribution is 7.02. The van der Waals surface area contributed by atoms with Crippen LogP contribution in [0.5, 0.6) is 11.5 Å². The molecule has 0 radical (unpaired) electrons. The number of ether oxygens (including phenoxy) is 1. The van der Waals surface area contributed by atoms with Crippen LogP contribution in [0.3, 0.4) is 0 Å². The average molecular weight is 1500 g/mol. The molecule has 0 saturated heterocycles. The SMILES string of the molecule is c1ccc(N(c2ccccc2)c2cc3c4c(c2)N(c2ccc5c(c2)-c2ccccc2C5(c2ccccc2)c2ccccc2)c2cc5c(cc2B4c2ccccc2O3)B2c3ccccc3N(c3ccccc3)c3cc(N(c4ccccc4)c4ccccc4)cc(c32)N5c2ccc3c(c2)-c2ccccc2C3(c2ccccc2)c2ccccc2)cc1. The van der Waals surface area contributed by atoms with Gasteiger partial charge in [-0.25, -0.2) is 0 Å². The molecule has 118 heavy (non-hydrogen) atoms. The topological polar surface area (TPSA) is 25.4 Å². The Hall–Kier alpha value is -15.1. The molecular weight excluding hydrogens is 1430 g/mol. The van der Waals surface area contributed by atoms with E-state index in [1.807, 2.05) is 0 Å². The Balaban J connectivity index is 0.839. The van der Waals surface area contributed by atoms with Crippen LogP contribution in [0.4, 0.5) is 85.3 Å². The van der Waals surface area contributed by atoms with E-state index in [-0.39, 0.29) is 13.4 Å². The third-order valence-electron chi connectivity index (χ3n) is 25.7. The van der Waals surface area contributed by atoms with Crippen molar-refractivity contribution >= 4 is 132 Å². The largest absolute Gasteiger partial charge is 0.458 e. The van der Waals surface area contributed by atoms with Crippen molar-refractivity contribution in [2.24, 2.45) is 0 Å². The highest BCUT2D eigenvalue weighted by atomic mass is 16.5. The first-order chi connectivity index (χ1) is 58.6. The molecule has 0 atom stereocenters. The van der Waals surface area contributed by atoms with Gasteiger partial charge in [-0.3, -0.25) is 0 Å². The first-order valence-corrected chi connectivity index (χ1v) is 40.9. The summed E-state index contributed by atoms with van der Waals surface area (Å²) in [5.74, 6) is 1.65. The van der Waals surface area contributed by atoms with Gasteiger partial charge in [0.1, 0.15) is 11.5 Å². The number of benzene rings is 18. The molecule has 0 amide bonds. The molecule has 2 aliphatic carbocycles. The molecule has 4 heterocycles. The Morgan fingerprint density at radius 2 is 0.542 bits per heavy atom. The van der Waals surface area contributed by atoms with Crippen LogP contribution in [0.1, 0.15) is 44.5 Å². The van der Waals surface area contributed by atoms with E-state index in [1.165, 1.54) is 88.6 Å². The number of anilines is 15. The number of nitrogens with zero attached hydrogens (tertiary/aromatic N) is 5. The second kappa shape index (κ2) is 26.8. The Morgan fingerprint density at radius 3 is 0.992 bits per heavy atom. The van der Waals surface area contributed by atoms with Crippen molar-refractivity contribution in [3.05, 3.63) is 487 Å². The quantitative estimate of drug-likeness (QED) is 0.107. The van der Waals surface area contributed by atoms with Gasteiger partial charge in [0.25, 0.3) is 13.4 Å². The van der Waals surface area contributed by atoms with Gasteiger partial charge in [0.05, 0.1) is 22.2 Å². The van der Waals surface area contributed by atoms with Gasteiger partial charge in [0.2, 0.25) is 0 Å². The molecule has 24 rings (SSSR count). The molecule has 6 nitrogen and oxygen atoms in total. The van der Waals surface area contributed by atoms with E-state index in [4.69, 9.17) is 4.74 Å². The maximum Gasteiger partial charge on any atom is 0.256 e. The Bertz CT molecular complexity index is 6840. The fraction of sp³-hybridized carbons (Fsp3) is 0.0182. The van der Waals surface area contributed by atoms with E-state index in [1.54, 1.807) is 0 Å². The smallest absolute Gasteiger partial charge is 0.256 e. The van der Waals surface area contributed by atoms with Crippen LogP contribution in [-0.2, 0) is 10.8 Å². The zero-order valence-corrected chi connectivity index (χ0v) is 64.4. The van der Waals surface area contributed by atoms with Crippen LogP contribution in [0.25, 0.3) is 22.3 Å². The molecule has 550 valence electrons. The van der Waals surface area contributed by atoms with Crippen LogP contribution >= 0.6 is 0 Å². The Kier molecular flexibility index (Phi) is 15.3. The van der Waals surface area contributed by atoms with Crippen LogP contribution < -0.4 is 62.0 Å². The molecule has 6 aliphatic rings. The third kappa shape index (κ3) is 9.90. The van der Waals surface area contributed by atoms with Gasteiger partial charge in [0.15, 0.2) is 0 Å². The standard InChI is InChI=1S/C110H73B2N5O/c1-10-36-74(37-11-1)109(75-38-12-2-13-39-75)91-56-30-28-54-87(91)89-66-83(62-64-93(89)109)116-100-73-101-98(72-97(100)111-95-58-32-34-60-99(95)115(82-52-26-9-27-53-82)102-68-85(69-103(116)107(102)111)113(78-44-18-5-19-45-78)79-46-20-6-21-47-79)112-96-59-33-35-61-105(96)118-106-71-86(114(80-48-22-7-23-49-80)81-50-24-8-25-51-81)70-104(108(106)112)117(101)84-63-65-94-90(67-84)88-55-29-31-57-92(88)110(94,76-40-14-3-15-41-76)77-42-16-4-17-43-77/h1-73H. The second-order valence-corrected chi connectivity index (χ2v) is 31.7. The van der Waals surface area contributed by atoms with Crippen LogP contribution in [-0.4, -0.2) is 13.4 Å². The lowest BCUT2D eigenvalue weighted by molar-refractivity contribution is 0.487. The van der Waals surface area contributed by atoms with Gasteiger partial charge >= 0.3 is 0 Å². The highest BCUT2D eigenvalue weighted by Crippen LogP contribution is 2.61. The number of fused-ring (bicyclic) bond motifs is 14. The molecule has 0 N–H and O–H groups in total. The average Bonchev–Trinajstić information content (AvgIpc) is 0.752. The highest BCUT2D eigenvalue weighted by Gasteiger charge is 2.52. The molecular formula is C110H73B2N5O. The van der Waals surface area contributed by atoms with Gasteiger partial charge < -0.3 is 29.2 Å². The van der Waals surface area contributed by atoms with Crippen molar-refractivity contribution in [1.29, 1.82) is 0 Å². The van der Waals surface area contributed by atoms with Crippen LogP contribution in [0, 0.1) is 0 Å². The summed E-state index contributed by atoms with van der Waals surface area (Å²) < 4.78 is 7.59. The first kappa shape index (κ1) is 67.4. The monoisotopic (exact) mass is 1500 g/mol. The van der Waals surface area contributed by atoms with Crippen LogP contribution in [0.15, 0.2) is 443 Å². The predicted molar refractivity (Wildman–Crippen MR) is 490 cm³/mol. The summed E-state index contributed by atoms with van der Waals surface area (Å²) in [6.07, 6.45) is 0. The van der Waals surface area contributed by atoms with Crippen molar-refractivity contribution in [1.82, 2.24) is 0 Å². The Labute approximate surface area is 688 Å². The molecule has 0 aromatic heterocycles. The van der Waals surface area contributed by atoms with Crippen LogP contribution in [0.2, 0.25) is 0 Å². The summed E-state index contributed by atoms with van der Waals surface area (Å²) in [6.45, 7) is -0.561. The molecule has 0 fully saturated rings. The summed E-state index contributed by atoms with van der Waals surface area (Å²) in [6, 6.07) is 165. The lowest BCUT2D eigenvalue weighted by Gasteiger charge is -2.47. The molecule has 0 bridgehead atoms. The fourth-order valence-corrected chi connectivity index (χ4v) is 21.1. The molecule has 4 aliphatic heterocycles. The zero-order chi connectivity index (χ0) is 77.6. The van der Waals surface area contributed by atoms with Crippen molar-refractivity contribution in [3.63, 3.8) is 0 Å². The number of hydrogen-bond donors (Lipinski definition) is 0. The third-order valence-corrected chi connectivity index (χ3v) is 25.7. The number of hydrogen-bond acceptors (Lipinski definition) is 6. The second-order valence-electron chi connectivity index (χ2n) is 31.7. The number of para-hydroxylation sites is 7. The lowest BCUT2D eigenvalue weighted by Crippen LogP contribution is -2.64. The molecule has 18 aromatic rings. The van der Waals surface area contributed by atoms with Crippen molar-refractivity contribution in [2.75, 3.05) is 24.5 Å². The Morgan fingerprint density at radius 1 is 0.203 bits per heavy atom. The van der Waals surface area contributed by atoms with E-state index in [2.05, 4.69) is 467 Å². The minimum Gasteiger partial charge on any atom is -0.458 e. The van der Waals surface area contributed by atoms with E-state index in [0.717, 1.165) is 108 Å². The molecule has 18 aromatic carbocycles. The van der Waals surface area contributed by atoms with Gasteiger partial charge in [0, 0.05) is 80.0 Å². The predicted octanol–water partition coefficient (Wildman–Crippen LogP) is 23.8. The molecule has 0 spiro atoms. The van der Waals surface area contributed by atoms with E-state index < -0.39 is 10.8 Å². The summed E-state index contributed by atoms with van der Waals surface area (Å²) in [4.78, 5) is 12.7. The maximum atomic E-state index is 7.59. The van der Waals surface area contributed by atoms with E-state index >= 15 is 0 Å². The minimum atomic E-state index is -0.637. The van der Waals surface area contributed by atoms with Gasteiger partial charge in [-0.05, 0) is 221 Å². The molecule has 8 heteroatoms. The van der Waals surface area contributed by atoms with E-state index in [9.17, 15) is 0 Å². The summed E-state index contributed by atoms with van der Waals surface area (Å²) >= 11 is 0. The zero-order valence-electron chi connectivity index (χ0n) is 64.4. The van der Waals surface area contributed by atoms with Gasteiger partial charge in [-0.2, -0.15) is 0 Å².